The van der Waals surface area contributed by atoms with Gasteiger partial charge in [-0.25, -0.2) is 4.79 Å². The highest BCUT2D eigenvalue weighted by atomic mass is 79.9. The van der Waals surface area contributed by atoms with E-state index in [2.05, 4.69) is 21.2 Å². The van der Waals surface area contributed by atoms with Crippen molar-refractivity contribution < 1.29 is 9.53 Å². The van der Waals surface area contributed by atoms with Crippen LogP contribution in [-0.2, 0) is 9.53 Å². The number of hydrogen-bond acceptors (Lipinski definition) is 3. The van der Waals surface area contributed by atoms with Crippen molar-refractivity contribution in [2.45, 2.75) is 18.9 Å². The highest BCUT2D eigenvalue weighted by molar-refractivity contribution is 9.10. The molecule has 4 heteroatoms. The Hall–Kier alpha value is -1.03. The van der Waals surface area contributed by atoms with E-state index >= 15 is 0 Å². The molecule has 16 heavy (non-hydrogen) atoms. The number of ether oxygens (including phenoxy) is 1. The topological polar surface area (TPSA) is 38.3 Å². The number of benzene rings is 1. The Labute approximate surface area is 103 Å². The SMILES string of the molecule is COC(=O)C(Nc1ccccc1Br)C1CC1. The summed E-state index contributed by atoms with van der Waals surface area (Å²) in [6, 6.07) is 7.56. The van der Waals surface area contributed by atoms with Gasteiger partial charge in [-0.2, -0.15) is 0 Å². The van der Waals surface area contributed by atoms with Crippen LogP contribution in [-0.4, -0.2) is 19.1 Å². The molecule has 0 aliphatic heterocycles. The molecule has 0 aromatic heterocycles. The normalized spacial score (nSPS) is 16.6. The molecule has 0 saturated heterocycles. The maximum Gasteiger partial charge on any atom is 0.328 e. The average molecular weight is 284 g/mol. The first-order chi connectivity index (χ1) is 7.72. The van der Waals surface area contributed by atoms with Crippen molar-refractivity contribution in [2.24, 2.45) is 5.92 Å². The summed E-state index contributed by atoms with van der Waals surface area (Å²) in [6.07, 6.45) is 2.19. The summed E-state index contributed by atoms with van der Waals surface area (Å²) in [7, 11) is 1.43. The monoisotopic (exact) mass is 283 g/mol. The molecule has 0 heterocycles. The van der Waals surface area contributed by atoms with E-state index in [0.29, 0.717) is 5.92 Å². The van der Waals surface area contributed by atoms with Gasteiger partial charge in [0.1, 0.15) is 6.04 Å². The number of hydrogen-bond donors (Lipinski definition) is 1. The van der Waals surface area contributed by atoms with Crippen LogP contribution in [0.3, 0.4) is 0 Å². The standard InChI is InChI=1S/C12H14BrNO2/c1-16-12(15)11(8-6-7-8)14-10-5-3-2-4-9(10)13/h2-5,8,11,14H,6-7H2,1H3. The van der Waals surface area contributed by atoms with Crippen molar-refractivity contribution >= 4 is 27.6 Å². The lowest BCUT2D eigenvalue weighted by atomic mass is 10.1. The molecule has 3 nitrogen and oxygen atoms in total. The van der Waals surface area contributed by atoms with Gasteiger partial charge < -0.3 is 10.1 Å². The summed E-state index contributed by atoms with van der Waals surface area (Å²) in [6.45, 7) is 0. The van der Waals surface area contributed by atoms with Crippen molar-refractivity contribution in [3.8, 4) is 0 Å². The van der Waals surface area contributed by atoms with Gasteiger partial charge in [0.2, 0.25) is 0 Å². The predicted molar refractivity (Wildman–Crippen MR) is 66.3 cm³/mol. The van der Waals surface area contributed by atoms with Gasteiger partial charge in [-0.3, -0.25) is 0 Å². The first kappa shape index (κ1) is 11.5. The molecule has 2 rings (SSSR count). The summed E-state index contributed by atoms with van der Waals surface area (Å²) in [5.74, 6) is 0.234. The average Bonchev–Trinajstić information content (AvgIpc) is 3.11. The van der Waals surface area contributed by atoms with E-state index in [9.17, 15) is 4.79 Å². The Morgan fingerprint density at radius 2 is 2.19 bits per heavy atom. The second-order valence-electron chi connectivity index (χ2n) is 3.96. The minimum absolute atomic E-state index is 0.182. The molecule has 1 N–H and O–H groups in total. The minimum Gasteiger partial charge on any atom is -0.467 e. The molecule has 1 aliphatic carbocycles. The van der Waals surface area contributed by atoms with Crippen LogP contribution in [0.25, 0.3) is 0 Å². The van der Waals surface area contributed by atoms with Crippen LogP contribution >= 0.6 is 15.9 Å². The van der Waals surface area contributed by atoms with Crippen molar-refractivity contribution in [3.05, 3.63) is 28.7 Å². The fourth-order valence-corrected chi connectivity index (χ4v) is 2.07. The molecule has 86 valence electrons. The summed E-state index contributed by atoms with van der Waals surface area (Å²) < 4.78 is 5.77. The number of methoxy groups -OCH3 is 1. The van der Waals surface area contributed by atoms with Crippen LogP contribution in [0.1, 0.15) is 12.8 Å². The second-order valence-corrected chi connectivity index (χ2v) is 4.82. The van der Waals surface area contributed by atoms with Gasteiger partial charge >= 0.3 is 5.97 Å². The van der Waals surface area contributed by atoms with Crippen LogP contribution < -0.4 is 5.32 Å². The largest absolute Gasteiger partial charge is 0.467 e. The van der Waals surface area contributed by atoms with E-state index in [0.717, 1.165) is 23.0 Å². The van der Waals surface area contributed by atoms with Gasteiger partial charge in [-0.15, -0.1) is 0 Å². The minimum atomic E-state index is -0.219. The molecule has 0 bridgehead atoms. The fraction of sp³-hybridized carbons (Fsp3) is 0.417. The Kier molecular flexibility index (Phi) is 3.49. The molecule has 1 unspecified atom stereocenters. The number of nitrogens with one attached hydrogen (secondary N) is 1. The Morgan fingerprint density at radius 3 is 2.75 bits per heavy atom. The third kappa shape index (κ3) is 2.55. The predicted octanol–water partition coefficient (Wildman–Crippen LogP) is 2.81. The molecule has 1 atom stereocenters. The number of anilines is 1. The van der Waals surface area contributed by atoms with Crippen molar-refractivity contribution in [3.63, 3.8) is 0 Å². The van der Waals surface area contributed by atoms with Gasteiger partial charge in [0.25, 0.3) is 0 Å². The number of rotatable bonds is 4. The lowest BCUT2D eigenvalue weighted by Gasteiger charge is -2.17. The van der Waals surface area contributed by atoms with E-state index in [1.54, 1.807) is 0 Å². The summed E-state index contributed by atoms with van der Waals surface area (Å²) >= 11 is 3.45. The zero-order chi connectivity index (χ0) is 11.5. The lowest BCUT2D eigenvalue weighted by molar-refractivity contribution is -0.142. The van der Waals surface area contributed by atoms with E-state index in [1.165, 1.54) is 7.11 Å². The zero-order valence-corrected chi connectivity index (χ0v) is 10.7. The molecule has 0 amide bonds. The quantitative estimate of drug-likeness (QED) is 0.864. The van der Waals surface area contributed by atoms with Crippen LogP contribution in [0, 0.1) is 5.92 Å². The van der Waals surface area contributed by atoms with Crippen LogP contribution in [0.5, 0.6) is 0 Å². The van der Waals surface area contributed by atoms with Crippen LogP contribution in [0.4, 0.5) is 5.69 Å². The molecule has 0 spiro atoms. The van der Waals surface area contributed by atoms with Gasteiger partial charge in [-0.05, 0) is 46.8 Å². The number of para-hydroxylation sites is 1. The van der Waals surface area contributed by atoms with E-state index in [-0.39, 0.29) is 12.0 Å². The molecular weight excluding hydrogens is 270 g/mol. The first-order valence-electron chi connectivity index (χ1n) is 5.31. The second kappa shape index (κ2) is 4.87. The van der Waals surface area contributed by atoms with Gasteiger partial charge in [0, 0.05) is 10.2 Å². The molecule has 1 aromatic carbocycles. The molecule has 1 aromatic rings. The zero-order valence-electron chi connectivity index (χ0n) is 9.07. The Balaban J connectivity index is 2.11. The number of halogens is 1. The van der Waals surface area contributed by atoms with E-state index in [4.69, 9.17) is 4.74 Å². The fourth-order valence-electron chi connectivity index (χ4n) is 1.67. The summed E-state index contributed by atoms with van der Waals surface area (Å²) in [5, 5.41) is 3.24. The number of esters is 1. The van der Waals surface area contributed by atoms with Gasteiger partial charge in [-0.1, -0.05) is 12.1 Å². The van der Waals surface area contributed by atoms with Crippen molar-refractivity contribution in [1.29, 1.82) is 0 Å². The van der Waals surface area contributed by atoms with Crippen LogP contribution in [0.2, 0.25) is 0 Å². The molecule has 0 radical (unpaired) electrons. The first-order valence-corrected chi connectivity index (χ1v) is 6.10. The number of carbonyl (C=O) groups is 1. The molecule has 1 saturated carbocycles. The third-order valence-corrected chi connectivity index (χ3v) is 3.42. The lowest BCUT2D eigenvalue weighted by Crippen LogP contribution is -2.32. The van der Waals surface area contributed by atoms with Gasteiger partial charge in [0.15, 0.2) is 0 Å². The highest BCUT2D eigenvalue weighted by Crippen LogP contribution is 2.35. The van der Waals surface area contributed by atoms with E-state index < -0.39 is 0 Å². The highest BCUT2D eigenvalue weighted by Gasteiger charge is 2.37. The van der Waals surface area contributed by atoms with Crippen molar-refractivity contribution in [1.82, 2.24) is 0 Å². The smallest absolute Gasteiger partial charge is 0.328 e. The molecule has 1 fully saturated rings. The maximum absolute atomic E-state index is 11.6. The van der Waals surface area contributed by atoms with Gasteiger partial charge in [0.05, 0.1) is 7.11 Å². The maximum atomic E-state index is 11.6. The Bertz CT molecular complexity index is 390. The number of carbonyl (C=O) groups excluding carboxylic acids is 1. The molecule has 1 aliphatic rings. The Morgan fingerprint density at radius 1 is 1.50 bits per heavy atom. The molecular formula is C12H14BrNO2. The van der Waals surface area contributed by atoms with E-state index in [1.807, 2.05) is 24.3 Å². The van der Waals surface area contributed by atoms with Crippen molar-refractivity contribution in [2.75, 3.05) is 12.4 Å². The third-order valence-electron chi connectivity index (χ3n) is 2.73. The summed E-state index contributed by atoms with van der Waals surface area (Å²) in [4.78, 5) is 11.6. The van der Waals surface area contributed by atoms with Crippen LogP contribution in [0.15, 0.2) is 28.7 Å². The summed E-state index contributed by atoms with van der Waals surface area (Å²) in [5.41, 5.74) is 0.935.